The molecule has 408 valence electrons. The summed E-state index contributed by atoms with van der Waals surface area (Å²) in [4.78, 5) is 23.3. The van der Waals surface area contributed by atoms with Gasteiger partial charge in [-0.25, -0.2) is 4.57 Å². The van der Waals surface area contributed by atoms with Gasteiger partial charge in [0.25, 0.3) is 0 Å². The maximum Gasteiger partial charge on any atom is 0.472 e. The van der Waals surface area contributed by atoms with Crippen molar-refractivity contribution in [3.8, 4) is 0 Å². The molecule has 0 rings (SSSR count). The zero-order chi connectivity index (χ0) is 49.9. The Morgan fingerprint density at radius 3 is 0.985 bits per heavy atom. The summed E-state index contributed by atoms with van der Waals surface area (Å²) in [6, 6.07) is -0.755. The van der Waals surface area contributed by atoms with E-state index in [0.717, 1.165) is 38.5 Å². The first-order chi connectivity index (χ1) is 33.0. The maximum atomic E-state index is 13.0. The minimum Gasteiger partial charge on any atom is -0.391 e. The molecule has 0 heterocycles. The fourth-order valence-corrected chi connectivity index (χ4v) is 10.3. The lowest BCUT2D eigenvalue weighted by Crippen LogP contribution is -2.46. The Balaban J connectivity index is 4.02. The third-order valence-corrected chi connectivity index (χ3v) is 15.3. The van der Waals surface area contributed by atoms with E-state index in [1.54, 1.807) is 0 Å². The predicted molar refractivity (Wildman–Crippen MR) is 296 cm³/mol. The number of carbonyl (C=O) groups is 1. The smallest absolute Gasteiger partial charge is 0.391 e. The van der Waals surface area contributed by atoms with Crippen LogP contribution in [0.5, 0.6) is 0 Å². The Bertz CT molecular complexity index is 1070. The third-order valence-electron chi connectivity index (χ3n) is 14.4. The highest BCUT2D eigenvalue weighted by Gasteiger charge is 2.28. The topological polar surface area (TPSA) is 105 Å². The molecule has 0 saturated carbocycles. The number of aliphatic hydroxyl groups excluding tert-OH is 1. The molecule has 68 heavy (non-hydrogen) atoms. The summed E-state index contributed by atoms with van der Waals surface area (Å²) in [7, 11) is 1.64. The molecule has 0 aromatic heterocycles. The Hall–Kier alpha value is -0.500. The van der Waals surface area contributed by atoms with Crippen molar-refractivity contribution in [1.29, 1.82) is 0 Å². The van der Waals surface area contributed by atoms with Gasteiger partial charge in [0.2, 0.25) is 5.91 Å². The molecule has 0 aliphatic heterocycles. The second-order valence-electron chi connectivity index (χ2n) is 22.4. The number of unbranched alkanes of at least 4 members (excludes halogenated alkanes) is 44. The molecule has 3 atom stereocenters. The van der Waals surface area contributed by atoms with E-state index in [-0.39, 0.29) is 19.1 Å². The zero-order valence-electron chi connectivity index (χ0n) is 46.6. The van der Waals surface area contributed by atoms with Gasteiger partial charge in [-0.1, -0.05) is 303 Å². The number of quaternary nitrogens is 1. The summed E-state index contributed by atoms with van der Waals surface area (Å²) in [5.41, 5.74) is 0. The zero-order valence-corrected chi connectivity index (χ0v) is 47.5. The first-order valence-electron chi connectivity index (χ1n) is 30.4. The van der Waals surface area contributed by atoms with Gasteiger partial charge in [0.1, 0.15) is 13.2 Å². The van der Waals surface area contributed by atoms with Crippen molar-refractivity contribution < 1.29 is 32.9 Å². The van der Waals surface area contributed by atoms with Crippen LogP contribution in [0, 0.1) is 0 Å². The molecule has 0 saturated heterocycles. The number of nitrogens with one attached hydrogen (secondary N) is 1. The van der Waals surface area contributed by atoms with Gasteiger partial charge < -0.3 is 19.8 Å². The molecule has 0 aliphatic carbocycles. The molecular formula is C59H122N2O6P+. The number of phosphoric acid groups is 1. The molecular weight excluding hydrogens is 864 g/mol. The van der Waals surface area contributed by atoms with Crippen LogP contribution < -0.4 is 5.32 Å². The molecule has 3 N–H and O–H groups in total. The Morgan fingerprint density at radius 2 is 0.706 bits per heavy atom. The minimum atomic E-state index is -4.32. The van der Waals surface area contributed by atoms with Gasteiger partial charge in [-0.05, 0) is 12.8 Å². The van der Waals surface area contributed by atoms with E-state index < -0.39 is 20.0 Å². The van der Waals surface area contributed by atoms with E-state index in [9.17, 15) is 19.4 Å². The Labute approximate surface area is 425 Å². The van der Waals surface area contributed by atoms with Gasteiger partial charge in [0, 0.05) is 6.42 Å². The number of carbonyl (C=O) groups excluding carboxylic acids is 1. The summed E-state index contributed by atoms with van der Waals surface area (Å²) < 4.78 is 23.8. The van der Waals surface area contributed by atoms with Gasteiger partial charge in [0.15, 0.2) is 0 Å². The summed E-state index contributed by atoms with van der Waals surface area (Å²) in [6.07, 6.45) is 61.7. The lowest BCUT2D eigenvalue weighted by atomic mass is 10.0. The highest BCUT2D eigenvalue weighted by atomic mass is 31.2. The second-order valence-corrected chi connectivity index (χ2v) is 23.9. The van der Waals surface area contributed by atoms with Crippen LogP contribution >= 0.6 is 7.82 Å². The van der Waals surface area contributed by atoms with Crippen LogP contribution in [0.4, 0.5) is 0 Å². The third kappa shape index (κ3) is 53.3. The van der Waals surface area contributed by atoms with Crippen molar-refractivity contribution in [3.63, 3.8) is 0 Å². The maximum absolute atomic E-state index is 13.0. The molecule has 1 unspecified atom stereocenters. The Kier molecular flexibility index (Phi) is 51.0. The molecule has 8 nitrogen and oxygen atoms in total. The van der Waals surface area contributed by atoms with Crippen molar-refractivity contribution >= 4 is 13.7 Å². The first kappa shape index (κ1) is 67.5. The Morgan fingerprint density at radius 1 is 0.441 bits per heavy atom. The fraction of sp³-hybridized carbons (Fsp3) is 0.983. The summed E-state index contributed by atoms with van der Waals surface area (Å²) >= 11 is 0. The van der Waals surface area contributed by atoms with Gasteiger partial charge in [-0.3, -0.25) is 13.8 Å². The average Bonchev–Trinajstić information content (AvgIpc) is 3.30. The van der Waals surface area contributed by atoms with Gasteiger partial charge in [-0.15, -0.1) is 0 Å². The number of aliphatic hydroxyl groups is 1. The molecule has 0 aromatic rings. The lowest BCUT2D eigenvalue weighted by Gasteiger charge is -2.26. The number of amides is 1. The molecule has 1 amide bonds. The van der Waals surface area contributed by atoms with E-state index in [1.807, 2.05) is 21.1 Å². The van der Waals surface area contributed by atoms with Crippen molar-refractivity contribution in [2.45, 2.75) is 334 Å². The fourth-order valence-electron chi connectivity index (χ4n) is 9.58. The van der Waals surface area contributed by atoms with Crippen LogP contribution in [0.3, 0.4) is 0 Å². The monoisotopic (exact) mass is 986 g/mol. The van der Waals surface area contributed by atoms with Crippen LogP contribution in [-0.4, -0.2) is 73.4 Å². The highest BCUT2D eigenvalue weighted by molar-refractivity contribution is 7.47. The number of likely N-dealkylation sites (N-methyl/N-ethyl adjacent to an activating group) is 1. The van der Waals surface area contributed by atoms with Crippen LogP contribution in [0.1, 0.15) is 322 Å². The number of nitrogens with zero attached hydrogens (tertiary/aromatic N) is 1. The van der Waals surface area contributed by atoms with Crippen LogP contribution in [-0.2, 0) is 18.4 Å². The van der Waals surface area contributed by atoms with Gasteiger partial charge in [-0.2, -0.15) is 0 Å². The second kappa shape index (κ2) is 51.4. The van der Waals surface area contributed by atoms with E-state index in [4.69, 9.17) is 9.05 Å². The van der Waals surface area contributed by atoms with Crippen molar-refractivity contribution in [1.82, 2.24) is 5.32 Å². The normalized spacial score (nSPS) is 13.8. The van der Waals surface area contributed by atoms with E-state index in [0.29, 0.717) is 23.9 Å². The van der Waals surface area contributed by atoms with Crippen LogP contribution in [0.2, 0.25) is 0 Å². The number of hydrogen-bond acceptors (Lipinski definition) is 5. The molecule has 0 bridgehead atoms. The van der Waals surface area contributed by atoms with E-state index in [2.05, 4.69) is 19.2 Å². The number of hydrogen-bond donors (Lipinski definition) is 3. The predicted octanol–water partition coefficient (Wildman–Crippen LogP) is 18.4. The van der Waals surface area contributed by atoms with Gasteiger partial charge in [0.05, 0.1) is 39.9 Å². The van der Waals surface area contributed by atoms with Crippen molar-refractivity contribution in [2.75, 3.05) is 40.9 Å². The lowest BCUT2D eigenvalue weighted by molar-refractivity contribution is -0.870. The van der Waals surface area contributed by atoms with E-state index >= 15 is 0 Å². The quantitative estimate of drug-likeness (QED) is 0.0319. The SMILES string of the molecule is CCCCCCCCCCCCCCCCCCCCCCCCCCCCCCCC(=O)N[C@@H](COP(=O)(O)OCC[N+](C)(C)C)[C@H](O)CCCCCCCCCCCCCCCCCCC. The molecule has 0 aromatic carbocycles. The van der Waals surface area contributed by atoms with Crippen molar-refractivity contribution in [3.05, 3.63) is 0 Å². The first-order valence-corrected chi connectivity index (χ1v) is 31.9. The number of rotatable bonds is 57. The van der Waals surface area contributed by atoms with Crippen LogP contribution in [0.15, 0.2) is 0 Å². The highest BCUT2D eigenvalue weighted by Crippen LogP contribution is 2.43. The van der Waals surface area contributed by atoms with E-state index in [1.165, 1.54) is 257 Å². The largest absolute Gasteiger partial charge is 0.472 e. The summed E-state index contributed by atoms with van der Waals surface area (Å²) in [5, 5.41) is 14.1. The summed E-state index contributed by atoms with van der Waals surface area (Å²) in [5.74, 6) is -0.135. The molecule has 0 radical (unpaired) electrons. The number of phosphoric ester groups is 1. The minimum absolute atomic E-state index is 0.0791. The molecule has 0 spiro atoms. The van der Waals surface area contributed by atoms with Crippen LogP contribution in [0.25, 0.3) is 0 Å². The molecule has 0 fully saturated rings. The average molecular weight is 987 g/mol. The standard InChI is InChI=1S/C59H121N2O6P/c1-6-8-10-12-14-16-18-20-22-24-25-26-27-28-29-30-31-32-33-34-35-37-39-41-43-45-47-49-51-53-59(63)60-57(56-67-68(64,65)66-55-54-61(3,4)5)58(62)52-50-48-46-44-42-40-38-36-23-21-19-17-15-13-11-9-7-2/h57-58,62H,6-56H2,1-5H3,(H-,60,63,64,65)/p+1/t57-,58+/m0/s1. The van der Waals surface area contributed by atoms with Gasteiger partial charge >= 0.3 is 7.82 Å². The molecule has 9 heteroatoms. The summed E-state index contributed by atoms with van der Waals surface area (Å²) in [6.45, 7) is 4.95. The molecule has 0 aliphatic rings. The van der Waals surface area contributed by atoms with Crippen molar-refractivity contribution in [2.24, 2.45) is 0 Å².